The summed E-state index contributed by atoms with van der Waals surface area (Å²) < 4.78 is 60.6. The van der Waals surface area contributed by atoms with E-state index < -0.39 is 20.2 Å². The Hall–Kier alpha value is -0.740. The van der Waals surface area contributed by atoms with Crippen molar-refractivity contribution in [3.63, 3.8) is 0 Å². The molecule has 0 aliphatic heterocycles. The van der Waals surface area contributed by atoms with E-state index in [1.165, 1.54) is 109 Å². The van der Waals surface area contributed by atoms with Crippen LogP contribution in [0.25, 0.3) is 0 Å². The molecule has 0 fully saturated rings. The van der Waals surface area contributed by atoms with Gasteiger partial charge in [-0.2, -0.15) is 16.8 Å². The third-order valence-corrected chi connectivity index (χ3v) is 10.1. The molecule has 0 aromatic heterocycles. The zero-order chi connectivity index (χ0) is 32.4. The van der Waals surface area contributed by atoms with Crippen molar-refractivity contribution in [3.8, 4) is 0 Å². The van der Waals surface area contributed by atoms with Gasteiger partial charge in [0, 0.05) is 29.6 Å². The van der Waals surface area contributed by atoms with E-state index in [1.54, 1.807) is 42.5 Å². The molecule has 0 heterocycles. The van der Waals surface area contributed by atoms with Gasteiger partial charge in [-0.05, 0) is 43.0 Å². The van der Waals surface area contributed by atoms with E-state index in [2.05, 4.69) is 13.8 Å². The first-order valence-corrected chi connectivity index (χ1v) is 20.1. The van der Waals surface area contributed by atoms with Crippen molar-refractivity contribution in [2.75, 3.05) is 6.61 Å². The second-order valence-electron chi connectivity index (χ2n) is 11.8. The predicted octanol–water partition coefficient (Wildman–Crippen LogP) is 10.3. The fourth-order valence-electron chi connectivity index (χ4n) is 5.18. The minimum Gasteiger partial charge on any atom is -0.282 e. The van der Waals surface area contributed by atoms with Gasteiger partial charge in [-0.3, -0.25) is 8.74 Å². The minimum absolute atomic E-state index is 0. The van der Waals surface area contributed by atoms with Crippen molar-refractivity contribution >= 4 is 49.8 Å². The van der Waals surface area contributed by atoms with E-state index >= 15 is 0 Å². The van der Waals surface area contributed by atoms with Crippen molar-refractivity contribution < 1.29 is 25.6 Å². The number of benzene rings is 2. The molecule has 1 N–H and O–H groups in total. The second kappa shape index (κ2) is 28.3. The molecule has 0 atom stereocenters. The van der Waals surface area contributed by atoms with Crippen molar-refractivity contribution in [1.82, 2.24) is 0 Å². The van der Waals surface area contributed by atoms with Gasteiger partial charge in [0.05, 0.1) is 16.4 Å². The van der Waals surface area contributed by atoms with E-state index in [4.69, 9.17) is 4.18 Å². The van der Waals surface area contributed by atoms with Gasteiger partial charge in [-0.15, -0.1) is 0 Å². The van der Waals surface area contributed by atoms with Gasteiger partial charge in [0.2, 0.25) is 0 Å². The topological polar surface area (TPSA) is 97.7 Å². The van der Waals surface area contributed by atoms with E-state index in [0.717, 1.165) is 31.2 Å². The molecule has 253 valence electrons. The molecule has 2 aromatic carbocycles. The molecule has 0 unspecified atom stereocenters. The van der Waals surface area contributed by atoms with Crippen molar-refractivity contribution in [3.05, 3.63) is 60.2 Å². The molecular formula is C36H60NaO6S2. The van der Waals surface area contributed by atoms with Gasteiger partial charge in [0.1, 0.15) is 0 Å². The molecule has 45 heavy (non-hydrogen) atoms. The number of hydrogen-bond donors (Lipinski definition) is 1. The Morgan fingerprint density at radius 3 is 1.40 bits per heavy atom. The molecule has 0 spiro atoms. The Labute approximate surface area is 298 Å². The van der Waals surface area contributed by atoms with Gasteiger partial charge < -0.3 is 0 Å². The molecule has 0 bridgehead atoms. The molecule has 0 saturated carbocycles. The van der Waals surface area contributed by atoms with Crippen LogP contribution in [0.3, 0.4) is 0 Å². The second-order valence-corrected chi connectivity index (χ2v) is 14.8. The number of hydrogen-bond acceptors (Lipinski definition) is 5. The molecule has 6 nitrogen and oxygen atoms in total. The van der Waals surface area contributed by atoms with Crippen LogP contribution in [-0.4, -0.2) is 57.6 Å². The van der Waals surface area contributed by atoms with Crippen LogP contribution in [0.15, 0.2) is 64.4 Å². The van der Waals surface area contributed by atoms with Crippen LogP contribution >= 0.6 is 0 Å². The Balaban J connectivity index is 0.000000842. The third kappa shape index (κ3) is 23.3. The molecule has 1 radical (unpaired) electrons. The zero-order valence-corrected chi connectivity index (χ0v) is 32.2. The van der Waals surface area contributed by atoms with Gasteiger partial charge in [-0.1, -0.05) is 166 Å². The first-order chi connectivity index (χ1) is 21.2. The van der Waals surface area contributed by atoms with Gasteiger partial charge in [0.25, 0.3) is 20.2 Å². The van der Waals surface area contributed by atoms with E-state index in [-0.39, 0.29) is 46.0 Å². The quantitative estimate of drug-likeness (QED) is 0.0487. The molecule has 2 rings (SSSR count). The Morgan fingerprint density at radius 2 is 0.933 bits per heavy atom. The predicted molar refractivity (Wildman–Crippen MR) is 189 cm³/mol. The normalized spacial score (nSPS) is 11.4. The first-order valence-electron chi connectivity index (χ1n) is 17.2. The van der Waals surface area contributed by atoms with Gasteiger partial charge >= 0.3 is 0 Å². The standard InChI is InChI=1S/2C18H30O3S.Na/c1-2-3-4-5-6-7-8-9-10-14-17-21-22(19,20)18-15-12-11-13-16-18;1-2-3-4-5-6-7-8-9-10-11-14-17-15-12-13-16-18(17)22(19,20)21;/h11-13,15-16H,2-10,14,17H2,1H3;12-13,15-16H,2-11,14H2,1H3,(H,19,20,21);. The van der Waals surface area contributed by atoms with Crippen LogP contribution in [0.4, 0.5) is 0 Å². The molecule has 0 saturated heterocycles. The van der Waals surface area contributed by atoms with Crippen LogP contribution in [0.2, 0.25) is 0 Å². The SMILES string of the molecule is CCCCCCCCCCCCOS(=O)(=O)c1ccccc1.CCCCCCCCCCCCc1ccccc1S(=O)(=O)O.[Na]. The minimum atomic E-state index is -4.10. The summed E-state index contributed by atoms with van der Waals surface area (Å²) in [5, 5.41) is 0. The smallest absolute Gasteiger partial charge is 0.282 e. The zero-order valence-electron chi connectivity index (χ0n) is 28.6. The Kier molecular flexibility index (Phi) is 27.8. The summed E-state index contributed by atoms with van der Waals surface area (Å²) in [7, 11) is -7.67. The maximum absolute atomic E-state index is 11.9. The maximum Gasteiger partial charge on any atom is 0.296 e. The average Bonchev–Trinajstić information content (AvgIpc) is 3.01. The maximum atomic E-state index is 11.9. The number of aryl methyl sites for hydroxylation is 1. The van der Waals surface area contributed by atoms with E-state index in [9.17, 15) is 21.4 Å². The van der Waals surface area contributed by atoms with Crippen LogP contribution in [0.5, 0.6) is 0 Å². The number of rotatable bonds is 25. The monoisotopic (exact) mass is 675 g/mol. The van der Waals surface area contributed by atoms with Crippen molar-refractivity contribution in [2.24, 2.45) is 0 Å². The van der Waals surface area contributed by atoms with Crippen molar-refractivity contribution in [1.29, 1.82) is 0 Å². The summed E-state index contributed by atoms with van der Waals surface area (Å²) in [5.74, 6) is 0. The largest absolute Gasteiger partial charge is 0.296 e. The fraction of sp³-hybridized carbons (Fsp3) is 0.667. The van der Waals surface area contributed by atoms with Gasteiger partial charge in [-0.25, -0.2) is 0 Å². The molecule has 0 aliphatic carbocycles. The molecular weight excluding hydrogens is 616 g/mol. The Bertz CT molecular complexity index is 1170. The van der Waals surface area contributed by atoms with Crippen LogP contribution in [0, 0.1) is 0 Å². The van der Waals surface area contributed by atoms with E-state index in [0.29, 0.717) is 6.42 Å². The van der Waals surface area contributed by atoms with Crippen molar-refractivity contribution in [2.45, 2.75) is 158 Å². The Morgan fingerprint density at radius 1 is 0.533 bits per heavy atom. The summed E-state index contributed by atoms with van der Waals surface area (Å²) in [4.78, 5) is 0.299. The summed E-state index contributed by atoms with van der Waals surface area (Å²) in [6.07, 6.45) is 25.6. The van der Waals surface area contributed by atoms with Crippen LogP contribution in [-0.2, 0) is 30.8 Å². The van der Waals surface area contributed by atoms with Crippen LogP contribution in [0.1, 0.15) is 148 Å². The summed E-state index contributed by atoms with van der Waals surface area (Å²) in [6, 6.07) is 15.1. The number of unbranched alkanes of at least 4 members (excludes halogenated alkanes) is 18. The summed E-state index contributed by atoms with van der Waals surface area (Å²) in [6.45, 7) is 4.76. The van der Waals surface area contributed by atoms with Gasteiger partial charge in [0.15, 0.2) is 0 Å². The summed E-state index contributed by atoms with van der Waals surface area (Å²) in [5.41, 5.74) is 0.726. The van der Waals surface area contributed by atoms with Crippen LogP contribution < -0.4 is 0 Å². The fourth-order valence-corrected chi connectivity index (χ4v) is 6.89. The third-order valence-electron chi connectivity index (χ3n) is 7.82. The molecule has 0 amide bonds. The molecule has 9 heteroatoms. The molecule has 2 aromatic rings. The first kappa shape index (κ1) is 44.3. The average molecular weight is 676 g/mol. The summed E-state index contributed by atoms with van der Waals surface area (Å²) >= 11 is 0. The molecule has 0 aliphatic rings. The van der Waals surface area contributed by atoms with E-state index in [1.807, 2.05) is 6.07 Å².